The Kier molecular flexibility index (Phi) is 3.05. The molecule has 1 aliphatic heterocycles. The molecule has 4 nitrogen and oxygen atoms in total. The van der Waals surface area contributed by atoms with E-state index in [0.717, 1.165) is 0 Å². The maximum Gasteiger partial charge on any atom is 0.320 e. The smallest absolute Gasteiger partial charge is 0.320 e. The van der Waals surface area contributed by atoms with Gasteiger partial charge in [0.15, 0.2) is 0 Å². The van der Waals surface area contributed by atoms with Gasteiger partial charge in [0.05, 0.1) is 0 Å². The lowest BCUT2D eigenvalue weighted by Crippen LogP contribution is -2.30. The topological polar surface area (TPSA) is 58.6 Å². The first-order chi connectivity index (χ1) is 7.65. The molecule has 0 bridgehead atoms. The van der Waals surface area contributed by atoms with Crippen molar-refractivity contribution in [3.63, 3.8) is 0 Å². The number of hydrogen-bond acceptors (Lipinski definition) is 3. The highest BCUT2D eigenvalue weighted by Gasteiger charge is 2.30. The number of halogens is 1. The molecule has 1 saturated heterocycles. The molecule has 0 spiro atoms. The van der Waals surface area contributed by atoms with Crippen LogP contribution >= 0.6 is 0 Å². The Bertz CT molecular complexity index is 379. The largest absolute Gasteiger partial charge is 0.489 e. The molecule has 0 saturated carbocycles. The zero-order chi connectivity index (χ0) is 11.5. The highest BCUT2D eigenvalue weighted by atomic mass is 19.1. The summed E-state index contributed by atoms with van der Waals surface area (Å²) in [5, 5.41) is 11.6. The van der Waals surface area contributed by atoms with Gasteiger partial charge in [-0.05, 0) is 24.3 Å². The Morgan fingerprint density at radius 2 is 2.12 bits per heavy atom. The fraction of sp³-hybridized carbons (Fsp3) is 0.364. The van der Waals surface area contributed by atoms with Gasteiger partial charge in [0.25, 0.3) is 0 Å². The number of nitrogens with one attached hydrogen (secondary N) is 1. The van der Waals surface area contributed by atoms with Gasteiger partial charge in [-0.3, -0.25) is 4.79 Å². The lowest BCUT2D eigenvalue weighted by atomic mass is 10.2. The van der Waals surface area contributed by atoms with Gasteiger partial charge in [-0.15, -0.1) is 0 Å². The van der Waals surface area contributed by atoms with E-state index in [0.29, 0.717) is 18.7 Å². The summed E-state index contributed by atoms with van der Waals surface area (Å²) in [5.41, 5.74) is 0. The molecule has 1 aliphatic rings. The Hall–Kier alpha value is -1.62. The first-order valence-electron chi connectivity index (χ1n) is 5.03. The molecule has 0 amide bonds. The molecular formula is C11H12FNO3. The van der Waals surface area contributed by atoms with Gasteiger partial charge in [-0.25, -0.2) is 4.39 Å². The molecule has 0 aromatic heterocycles. The summed E-state index contributed by atoms with van der Waals surface area (Å²) in [6, 6.07) is 5.14. The van der Waals surface area contributed by atoms with Crippen LogP contribution in [0.25, 0.3) is 0 Å². The predicted molar refractivity (Wildman–Crippen MR) is 54.9 cm³/mol. The number of carboxylic acids is 1. The number of rotatable bonds is 3. The van der Waals surface area contributed by atoms with E-state index in [2.05, 4.69) is 5.32 Å². The van der Waals surface area contributed by atoms with Crippen LogP contribution in [0.5, 0.6) is 5.75 Å². The van der Waals surface area contributed by atoms with Crippen LogP contribution in [0.4, 0.5) is 4.39 Å². The van der Waals surface area contributed by atoms with Crippen molar-refractivity contribution in [2.75, 3.05) is 6.54 Å². The van der Waals surface area contributed by atoms with Crippen molar-refractivity contribution >= 4 is 5.97 Å². The number of hydrogen-bond donors (Lipinski definition) is 2. The first-order valence-corrected chi connectivity index (χ1v) is 5.03. The van der Waals surface area contributed by atoms with Crippen LogP contribution in [0.15, 0.2) is 24.3 Å². The number of carboxylic acid groups (broad SMARTS) is 1. The van der Waals surface area contributed by atoms with Crippen LogP contribution in [0, 0.1) is 5.82 Å². The van der Waals surface area contributed by atoms with Crippen molar-refractivity contribution in [3.05, 3.63) is 30.1 Å². The lowest BCUT2D eigenvalue weighted by molar-refractivity contribution is -0.139. The van der Waals surface area contributed by atoms with Crippen molar-refractivity contribution in [2.24, 2.45) is 0 Å². The SMILES string of the molecule is O=C(O)[C@@H]1C[C@@H](Oc2ccc(F)cc2)CN1. The molecule has 16 heavy (non-hydrogen) atoms. The first kappa shape index (κ1) is 10.9. The summed E-state index contributed by atoms with van der Waals surface area (Å²) in [4.78, 5) is 10.7. The fourth-order valence-electron chi connectivity index (χ4n) is 1.69. The number of benzene rings is 1. The van der Waals surface area contributed by atoms with Crippen LogP contribution in [-0.2, 0) is 4.79 Å². The molecule has 1 aromatic rings. The van der Waals surface area contributed by atoms with E-state index in [1.165, 1.54) is 24.3 Å². The molecule has 86 valence electrons. The van der Waals surface area contributed by atoms with Crippen LogP contribution in [-0.4, -0.2) is 29.8 Å². The Morgan fingerprint density at radius 1 is 1.44 bits per heavy atom. The van der Waals surface area contributed by atoms with Gasteiger partial charge in [-0.1, -0.05) is 0 Å². The van der Waals surface area contributed by atoms with Crippen LogP contribution in [0.1, 0.15) is 6.42 Å². The minimum atomic E-state index is -0.870. The third-order valence-electron chi connectivity index (χ3n) is 2.50. The second-order valence-corrected chi connectivity index (χ2v) is 3.73. The van der Waals surface area contributed by atoms with Crippen molar-refractivity contribution in [2.45, 2.75) is 18.6 Å². The van der Waals surface area contributed by atoms with Crippen LogP contribution in [0.3, 0.4) is 0 Å². The molecule has 1 heterocycles. The zero-order valence-corrected chi connectivity index (χ0v) is 8.52. The molecule has 2 N–H and O–H groups in total. The van der Waals surface area contributed by atoms with Crippen molar-refractivity contribution < 1.29 is 19.0 Å². The third-order valence-corrected chi connectivity index (χ3v) is 2.50. The molecule has 2 atom stereocenters. The molecule has 0 unspecified atom stereocenters. The normalized spacial score (nSPS) is 24.3. The van der Waals surface area contributed by atoms with Gasteiger partial charge in [0.2, 0.25) is 0 Å². The minimum absolute atomic E-state index is 0.174. The summed E-state index contributed by atoms with van der Waals surface area (Å²) in [7, 11) is 0. The fourth-order valence-corrected chi connectivity index (χ4v) is 1.69. The van der Waals surface area contributed by atoms with Gasteiger partial charge in [0, 0.05) is 13.0 Å². The highest BCUT2D eigenvalue weighted by molar-refractivity contribution is 5.73. The molecular weight excluding hydrogens is 213 g/mol. The summed E-state index contributed by atoms with van der Waals surface area (Å²) in [6.45, 7) is 0.494. The molecule has 2 rings (SSSR count). The second kappa shape index (κ2) is 4.49. The summed E-state index contributed by atoms with van der Waals surface area (Å²) in [5.74, 6) is -0.634. The van der Waals surface area contributed by atoms with E-state index in [4.69, 9.17) is 9.84 Å². The molecule has 5 heteroatoms. The zero-order valence-electron chi connectivity index (χ0n) is 8.52. The third kappa shape index (κ3) is 2.49. The van der Waals surface area contributed by atoms with E-state index in [9.17, 15) is 9.18 Å². The van der Waals surface area contributed by atoms with Crippen molar-refractivity contribution in [3.8, 4) is 5.75 Å². The van der Waals surface area contributed by atoms with E-state index in [-0.39, 0.29) is 11.9 Å². The predicted octanol–water partition coefficient (Wildman–Crippen LogP) is 1.02. The van der Waals surface area contributed by atoms with Gasteiger partial charge < -0.3 is 15.2 Å². The maximum absolute atomic E-state index is 12.6. The lowest BCUT2D eigenvalue weighted by Gasteiger charge is -2.12. The molecule has 0 aliphatic carbocycles. The van der Waals surface area contributed by atoms with Gasteiger partial charge in [0.1, 0.15) is 23.7 Å². The summed E-state index contributed by atoms with van der Waals surface area (Å²) < 4.78 is 18.1. The van der Waals surface area contributed by atoms with E-state index in [1.807, 2.05) is 0 Å². The molecule has 0 radical (unpaired) electrons. The summed E-state index contributed by atoms with van der Waals surface area (Å²) >= 11 is 0. The van der Waals surface area contributed by atoms with Crippen LogP contribution in [0.2, 0.25) is 0 Å². The average Bonchev–Trinajstić information content (AvgIpc) is 2.70. The Morgan fingerprint density at radius 3 is 2.69 bits per heavy atom. The Balaban J connectivity index is 1.92. The molecule has 1 fully saturated rings. The number of ether oxygens (including phenoxy) is 1. The Labute approximate surface area is 92.0 Å². The number of aliphatic carboxylic acids is 1. The van der Waals surface area contributed by atoms with E-state index in [1.54, 1.807) is 0 Å². The summed E-state index contributed by atoms with van der Waals surface area (Å²) in [6.07, 6.45) is 0.249. The van der Waals surface area contributed by atoms with E-state index >= 15 is 0 Å². The highest BCUT2D eigenvalue weighted by Crippen LogP contribution is 2.17. The monoisotopic (exact) mass is 225 g/mol. The van der Waals surface area contributed by atoms with Gasteiger partial charge >= 0.3 is 5.97 Å². The van der Waals surface area contributed by atoms with Crippen LogP contribution < -0.4 is 10.1 Å². The number of carbonyl (C=O) groups is 1. The maximum atomic E-state index is 12.6. The van der Waals surface area contributed by atoms with Crippen molar-refractivity contribution in [1.29, 1.82) is 0 Å². The second-order valence-electron chi connectivity index (χ2n) is 3.73. The molecule has 1 aromatic carbocycles. The average molecular weight is 225 g/mol. The van der Waals surface area contributed by atoms with E-state index < -0.39 is 12.0 Å². The minimum Gasteiger partial charge on any atom is -0.489 e. The standard InChI is InChI=1S/C11H12FNO3/c12-7-1-3-8(4-2-7)16-9-5-10(11(14)15)13-6-9/h1-4,9-10,13H,5-6H2,(H,14,15)/t9-,10+/m1/s1. The van der Waals surface area contributed by atoms with Crippen molar-refractivity contribution in [1.82, 2.24) is 5.32 Å². The van der Waals surface area contributed by atoms with Gasteiger partial charge in [-0.2, -0.15) is 0 Å². The quantitative estimate of drug-likeness (QED) is 0.806.